The van der Waals surface area contributed by atoms with E-state index in [9.17, 15) is 9.18 Å². The quantitative estimate of drug-likeness (QED) is 0.768. The molecule has 0 aliphatic rings. The number of benzene rings is 2. The second-order valence-electron chi connectivity index (χ2n) is 4.40. The number of hydrogen-bond donors (Lipinski definition) is 0. The summed E-state index contributed by atoms with van der Waals surface area (Å²) in [5.74, 6) is 0.214. The van der Waals surface area contributed by atoms with E-state index in [0.29, 0.717) is 18.4 Å². The Morgan fingerprint density at radius 2 is 1.90 bits per heavy atom. The van der Waals surface area contributed by atoms with Crippen LogP contribution in [0.4, 0.5) is 4.39 Å². The van der Waals surface area contributed by atoms with Gasteiger partial charge in [0.15, 0.2) is 5.78 Å². The summed E-state index contributed by atoms with van der Waals surface area (Å²) < 4.78 is 18.1. The highest BCUT2D eigenvalue weighted by atomic mass is 35.5. The van der Waals surface area contributed by atoms with Crippen molar-refractivity contribution in [2.45, 2.75) is 12.8 Å². The molecule has 0 bridgehead atoms. The van der Waals surface area contributed by atoms with Gasteiger partial charge in [0.25, 0.3) is 0 Å². The fourth-order valence-electron chi connectivity index (χ4n) is 1.86. The van der Waals surface area contributed by atoms with Gasteiger partial charge in [-0.2, -0.15) is 0 Å². The van der Waals surface area contributed by atoms with Gasteiger partial charge < -0.3 is 4.74 Å². The van der Waals surface area contributed by atoms with Gasteiger partial charge in [0.2, 0.25) is 0 Å². The summed E-state index contributed by atoms with van der Waals surface area (Å²) in [6.07, 6.45) is 0.978. The van der Waals surface area contributed by atoms with Crippen LogP contribution in [0.25, 0.3) is 0 Å². The van der Waals surface area contributed by atoms with Gasteiger partial charge in [-0.25, -0.2) is 4.39 Å². The zero-order chi connectivity index (χ0) is 14.5. The molecule has 2 aromatic carbocycles. The summed E-state index contributed by atoms with van der Waals surface area (Å²) in [6.45, 7) is 0. The number of Topliss-reactive ketones (excluding diaryl/α,β-unsaturated/α-hetero) is 1. The molecule has 0 fully saturated rings. The van der Waals surface area contributed by atoms with Crippen molar-refractivity contribution >= 4 is 17.4 Å². The first-order valence-electron chi connectivity index (χ1n) is 6.21. The van der Waals surface area contributed by atoms with Crippen LogP contribution in [0.1, 0.15) is 22.3 Å². The molecule has 0 aliphatic heterocycles. The molecule has 0 heterocycles. The van der Waals surface area contributed by atoms with Crippen LogP contribution in [0.5, 0.6) is 5.75 Å². The fourth-order valence-corrected chi connectivity index (χ4v) is 2.04. The van der Waals surface area contributed by atoms with Crippen molar-refractivity contribution in [3.05, 3.63) is 64.4 Å². The summed E-state index contributed by atoms with van der Waals surface area (Å²) in [5.41, 5.74) is 1.48. The molecular weight excluding hydrogens is 279 g/mol. The van der Waals surface area contributed by atoms with Crippen LogP contribution in [-0.2, 0) is 6.42 Å². The Bertz CT molecular complexity index is 608. The number of aryl methyl sites for hydroxylation is 1. The van der Waals surface area contributed by atoms with Crippen molar-refractivity contribution < 1.29 is 13.9 Å². The van der Waals surface area contributed by atoms with E-state index in [2.05, 4.69) is 0 Å². The van der Waals surface area contributed by atoms with Crippen LogP contribution in [0.15, 0.2) is 42.5 Å². The molecule has 0 saturated heterocycles. The van der Waals surface area contributed by atoms with E-state index in [0.717, 1.165) is 11.3 Å². The Hall–Kier alpha value is -1.87. The van der Waals surface area contributed by atoms with Gasteiger partial charge in [0.05, 0.1) is 12.1 Å². The lowest BCUT2D eigenvalue weighted by atomic mass is 10.0. The highest BCUT2D eigenvalue weighted by Crippen LogP contribution is 2.18. The molecular formula is C16H14ClFO2. The predicted octanol–water partition coefficient (Wildman–Crippen LogP) is 4.30. The first-order chi connectivity index (χ1) is 9.60. The van der Waals surface area contributed by atoms with E-state index in [1.165, 1.54) is 18.2 Å². The first-order valence-corrected chi connectivity index (χ1v) is 6.59. The lowest BCUT2D eigenvalue weighted by Crippen LogP contribution is -2.01. The van der Waals surface area contributed by atoms with Crippen molar-refractivity contribution in [1.82, 2.24) is 0 Å². The van der Waals surface area contributed by atoms with Gasteiger partial charge in [0.1, 0.15) is 11.6 Å². The normalized spacial score (nSPS) is 10.3. The number of methoxy groups -OCH3 is 1. The number of carbonyl (C=O) groups excluding carboxylic acids is 1. The molecule has 0 N–H and O–H groups in total. The Morgan fingerprint density at radius 1 is 1.20 bits per heavy atom. The summed E-state index contributed by atoms with van der Waals surface area (Å²) in [6, 6.07) is 11.6. The van der Waals surface area contributed by atoms with E-state index in [-0.39, 0.29) is 10.8 Å². The number of carbonyl (C=O) groups is 1. The first kappa shape index (κ1) is 14.5. The molecule has 0 spiro atoms. The number of hydrogen-bond acceptors (Lipinski definition) is 2. The summed E-state index contributed by atoms with van der Waals surface area (Å²) >= 11 is 5.67. The van der Waals surface area contributed by atoms with E-state index in [4.69, 9.17) is 16.3 Å². The molecule has 0 atom stereocenters. The molecule has 104 valence electrons. The molecule has 2 aromatic rings. The minimum atomic E-state index is -0.515. The number of halogens is 2. The minimum absolute atomic E-state index is 0.0275. The average molecular weight is 293 g/mol. The van der Waals surface area contributed by atoms with Gasteiger partial charge in [-0.3, -0.25) is 4.79 Å². The van der Waals surface area contributed by atoms with Gasteiger partial charge in [-0.05, 0) is 42.3 Å². The van der Waals surface area contributed by atoms with Crippen LogP contribution in [0, 0.1) is 5.82 Å². The largest absolute Gasteiger partial charge is 0.497 e. The molecule has 0 radical (unpaired) electrons. The highest BCUT2D eigenvalue weighted by Gasteiger charge is 2.09. The summed E-state index contributed by atoms with van der Waals surface area (Å²) in [7, 11) is 1.61. The van der Waals surface area contributed by atoms with Crippen molar-refractivity contribution in [3.8, 4) is 5.75 Å². The third-order valence-corrected chi connectivity index (χ3v) is 3.33. The Labute approximate surface area is 122 Å². The smallest absolute Gasteiger partial charge is 0.163 e. The van der Waals surface area contributed by atoms with Gasteiger partial charge in [0, 0.05) is 12.0 Å². The van der Waals surface area contributed by atoms with Gasteiger partial charge >= 0.3 is 0 Å². The molecule has 2 rings (SSSR count). The topological polar surface area (TPSA) is 26.3 Å². The van der Waals surface area contributed by atoms with Crippen LogP contribution in [-0.4, -0.2) is 12.9 Å². The fraction of sp³-hybridized carbons (Fsp3) is 0.188. The van der Waals surface area contributed by atoms with Crippen LogP contribution in [0.2, 0.25) is 5.02 Å². The minimum Gasteiger partial charge on any atom is -0.497 e. The zero-order valence-electron chi connectivity index (χ0n) is 11.0. The van der Waals surface area contributed by atoms with Crippen LogP contribution < -0.4 is 4.74 Å². The average Bonchev–Trinajstić information content (AvgIpc) is 2.48. The van der Waals surface area contributed by atoms with Crippen LogP contribution >= 0.6 is 11.6 Å². The lowest BCUT2D eigenvalue weighted by molar-refractivity contribution is 0.0983. The molecule has 0 unspecified atom stereocenters. The van der Waals surface area contributed by atoms with E-state index in [1.807, 2.05) is 24.3 Å². The number of rotatable bonds is 5. The maximum atomic E-state index is 13.0. The Balaban J connectivity index is 1.98. The number of ketones is 1. The van der Waals surface area contributed by atoms with E-state index >= 15 is 0 Å². The maximum absolute atomic E-state index is 13.0. The summed E-state index contributed by atoms with van der Waals surface area (Å²) in [4.78, 5) is 12.0. The van der Waals surface area contributed by atoms with Crippen LogP contribution in [0.3, 0.4) is 0 Å². The third-order valence-electron chi connectivity index (χ3n) is 3.04. The molecule has 20 heavy (non-hydrogen) atoms. The summed E-state index contributed by atoms with van der Waals surface area (Å²) in [5, 5.41) is -0.0275. The van der Waals surface area contributed by atoms with E-state index < -0.39 is 5.82 Å². The standard InChI is InChI=1S/C16H14ClFO2/c1-20-13-6-2-11(3-7-13)4-9-16(19)12-5-8-15(18)14(17)10-12/h2-3,5-8,10H,4,9H2,1H3. The van der Waals surface area contributed by atoms with Crippen molar-refractivity contribution in [2.75, 3.05) is 7.11 Å². The van der Waals surface area contributed by atoms with Crippen molar-refractivity contribution in [1.29, 1.82) is 0 Å². The Morgan fingerprint density at radius 3 is 2.50 bits per heavy atom. The highest BCUT2D eigenvalue weighted by molar-refractivity contribution is 6.31. The maximum Gasteiger partial charge on any atom is 0.163 e. The predicted molar refractivity (Wildman–Crippen MR) is 77.1 cm³/mol. The number of ether oxygens (including phenoxy) is 1. The van der Waals surface area contributed by atoms with E-state index in [1.54, 1.807) is 7.11 Å². The molecule has 0 aliphatic carbocycles. The third kappa shape index (κ3) is 3.58. The van der Waals surface area contributed by atoms with Crippen molar-refractivity contribution in [3.63, 3.8) is 0 Å². The molecule has 4 heteroatoms. The molecule has 0 saturated carbocycles. The lowest BCUT2D eigenvalue weighted by Gasteiger charge is -2.04. The molecule has 2 nitrogen and oxygen atoms in total. The van der Waals surface area contributed by atoms with Crippen molar-refractivity contribution in [2.24, 2.45) is 0 Å². The van der Waals surface area contributed by atoms with Gasteiger partial charge in [-0.1, -0.05) is 23.7 Å². The monoisotopic (exact) mass is 292 g/mol. The second-order valence-corrected chi connectivity index (χ2v) is 4.81. The molecule has 0 amide bonds. The zero-order valence-corrected chi connectivity index (χ0v) is 11.8. The Kier molecular flexibility index (Phi) is 4.74. The van der Waals surface area contributed by atoms with Gasteiger partial charge in [-0.15, -0.1) is 0 Å². The molecule has 0 aromatic heterocycles. The second kappa shape index (κ2) is 6.53. The SMILES string of the molecule is COc1ccc(CCC(=O)c2ccc(F)c(Cl)c2)cc1.